The van der Waals surface area contributed by atoms with Crippen molar-refractivity contribution >= 4 is 16.9 Å². The van der Waals surface area contributed by atoms with Crippen molar-refractivity contribution in [3.8, 4) is 0 Å². The predicted octanol–water partition coefficient (Wildman–Crippen LogP) is 1.65. The Morgan fingerprint density at radius 2 is 2.07 bits per heavy atom. The molecule has 1 unspecified atom stereocenters. The molecule has 0 N–H and O–H groups in total. The number of rotatable bonds is 8. The number of hydrogen-bond acceptors (Lipinski definition) is 2. The molecule has 0 amide bonds. The van der Waals surface area contributed by atoms with E-state index in [9.17, 15) is 4.79 Å². The van der Waals surface area contributed by atoms with Crippen LogP contribution >= 0.6 is 0 Å². The van der Waals surface area contributed by atoms with Crippen molar-refractivity contribution in [3.63, 3.8) is 0 Å². The van der Waals surface area contributed by atoms with Gasteiger partial charge in [-0.1, -0.05) is 38.5 Å². The maximum absolute atomic E-state index is 11.5. The fourth-order valence-electron chi connectivity index (χ4n) is 1.24. The van der Waals surface area contributed by atoms with Crippen LogP contribution in [-0.2, 0) is 9.53 Å². The number of carbonyl (C=O) groups is 1. The molecule has 0 rings (SSSR count). The highest BCUT2D eigenvalue weighted by Gasteiger charge is 2.17. The highest BCUT2D eigenvalue weighted by molar-refractivity contribution is 5.75. The Balaban J connectivity index is 0. The number of esters is 1. The summed E-state index contributed by atoms with van der Waals surface area (Å²) in [6.45, 7) is 9.56. The van der Waals surface area contributed by atoms with Gasteiger partial charge in [-0.3, -0.25) is 4.79 Å². The molecule has 0 bridgehead atoms. The van der Waals surface area contributed by atoms with E-state index in [0.29, 0.717) is 13.0 Å². The van der Waals surface area contributed by atoms with Gasteiger partial charge in [-0.15, -0.1) is 6.58 Å². The first-order valence-corrected chi connectivity index (χ1v) is 5.14. The first-order chi connectivity index (χ1) is 6.76. The number of allylic oxidation sites excluding steroid dienone is 1. The topological polar surface area (TPSA) is 26.3 Å². The Hall–Kier alpha value is -0.833. The Labute approximate surface area is 97.4 Å². The van der Waals surface area contributed by atoms with E-state index in [1.165, 1.54) is 0 Å². The molecule has 2 nitrogen and oxygen atoms in total. The second-order valence-corrected chi connectivity index (χ2v) is 3.28. The first kappa shape index (κ1) is 16.6. The van der Waals surface area contributed by atoms with Gasteiger partial charge in [0.1, 0.15) is 6.61 Å². The lowest BCUT2D eigenvalue weighted by atomic mass is 9.99. The van der Waals surface area contributed by atoms with Crippen LogP contribution in [0.2, 0.25) is 0 Å². The van der Waals surface area contributed by atoms with Crippen LogP contribution in [-0.4, -0.2) is 23.5 Å². The van der Waals surface area contributed by atoms with Crippen molar-refractivity contribution < 1.29 is 9.53 Å². The van der Waals surface area contributed by atoms with E-state index < -0.39 is 0 Å². The lowest BCUT2D eigenvalue weighted by Gasteiger charge is -2.12. The Morgan fingerprint density at radius 1 is 1.40 bits per heavy atom. The van der Waals surface area contributed by atoms with Crippen molar-refractivity contribution in [3.05, 3.63) is 25.3 Å². The van der Waals surface area contributed by atoms with E-state index in [-0.39, 0.29) is 22.9 Å². The SMILES string of the molecule is C=CCOC(=O)C(CC=C)CCCC.[SiH4]. The molecule has 1 atom stereocenters. The molecular weight excluding hydrogens is 204 g/mol. The lowest BCUT2D eigenvalue weighted by molar-refractivity contribution is -0.147. The molecule has 0 heterocycles. The van der Waals surface area contributed by atoms with E-state index in [1.54, 1.807) is 12.2 Å². The summed E-state index contributed by atoms with van der Waals surface area (Å²) < 4.78 is 5.00. The molecule has 0 aromatic rings. The second-order valence-electron chi connectivity index (χ2n) is 3.28. The number of carbonyl (C=O) groups excluding carboxylic acids is 1. The lowest BCUT2D eigenvalue weighted by Crippen LogP contribution is -2.17. The van der Waals surface area contributed by atoms with E-state index in [1.807, 2.05) is 0 Å². The van der Waals surface area contributed by atoms with Gasteiger partial charge in [0.15, 0.2) is 0 Å². The molecule has 0 saturated carbocycles. The molecule has 0 radical (unpaired) electrons. The zero-order chi connectivity index (χ0) is 10.8. The molecule has 0 saturated heterocycles. The molecule has 0 spiro atoms. The van der Waals surface area contributed by atoms with Gasteiger partial charge in [0, 0.05) is 0 Å². The zero-order valence-corrected chi connectivity index (χ0v) is 9.00. The van der Waals surface area contributed by atoms with Crippen LogP contribution in [0.25, 0.3) is 0 Å². The van der Waals surface area contributed by atoms with Crippen molar-refractivity contribution in [2.45, 2.75) is 32.6 Å². The summed E-state index contributed by atoms with van der Waals surface area (Å²) in [5.41, 5.74) is 0. The summed E-state index contributed by atoms with van der Waals surface area (Å²) in [6, 6.07) is 0. The van der Waals surface area contributed by atoms with Crippen LogP contribution in [0.4, 0.5) is 0 Å². The van der Waals surface area contributed by atoms with Crippen molar-refractivity contribution in [2.75, 3.05) is 6.61 Å². The van der Waals surface area contributed by atoms with Gasteiger partial charge >= 0.3 is 5.97 Å². The normalized spacial score (nSPS) is 11.0. The molecule has 0 aliphatic carbocycles. The minimum absolute atomic E-state index is 0. The molecule has 3 heteroatoms. The van der Waals surface area contributed by atoms with E-state index in [2.05, 4.69) is 20.1 Å². The van der Waals surface area contributed by atoms with Crippen LogP contribution in [0.15, 0.2) is 25.3 Å². The maximum Gasteiger partial charge on any atom is 0.309 e. The zero-order valence-electron chi connectivity index (χ0n) is 9.00. The smallest absolute Gasteiger partial charge is 0.309 e. The fraction of sp³-hybridized carbons (Fsp3) is 0.583. The molecule has 0 fully saturated rings. The summed E-state index contributed by atoms with van der Waals surface area (Å²) in [7, 11) is 0. The Bertz CT molecular complexity index is 190. The van der Waals surface area contributed by atoms with E-state index in [4.69, 9.17) is 4.74 Å². The summed E-state index contributed by atoms with van der Waals surface area (Å²) in [5, 5.41) is 0. The first-order valence-electron chi connectivity index (χ1n) is 5.14. The number of hydrogen-bond donors (Lipinski definition) is 0. The highest BCUT2D eigenvalue weighted by Crippen LogP contribution is 2.15. The summed E-state index contributed by atoms with van der Waals surface area (Å²) in [6.07, 6.45) is 7.11. The largest absolute Gasteiger partial charge is 0.461 e. The van der Waals surface area contributed by atoms with Crippen LogP contribution in [0.5, 0.6) is 0 Å². The molecule has 0 aromatic carbocycles. The monoisotopic (exact) mass is 228 g/mol. The van der Waals surface area contributed by atoms with Crippen molar-refractivity contribution in [2.24, 2.45) is 5.92 Å². The van der Waals surface area contributed by atoms with E-state index in [0.717, 1.165) is 19.3 Å². The molecule has 0 aliphatic rings. The summed E-state index contributed by atoms with van der Waals surface area (Å²) in [4.78, 5) is 11.5. The average molecular weight is 228 g/mol. The van der Waals surface area contributed by atoms with Gasteiger partial charge in [0.05, 0.1) is 5.92 Å². The van der Waals surface area contributed by atoms with Crippen molar-refractivity contribution in [1.29, 1.82) is 0 Å². The average Bonchev–Trinajstić information content (AvgIpc) is 2.20. The Kier molecular flexibility index (Phi) is 12.4. The third kappa shape index (κ3) is 8.18. The van der Waals surface area contributed by atoms with Gasteiger partial charge in [0.2, 0.25) is 0 Å². The number of ether oxygens (including phenoxy) is 1. The van der Waals surface area contributed by atoms with Gasteiger partial charge < -0.3 is 4.74 Å². The minimum atomic E-state index is -0.127. The molecule has 15 heavy (non-hydrogen) atoms. The van der Waals surface area contributed by atoms with Gasteiger partial charge in [-0.2, -0.15) is 0 Å². The van der Waals surface area contributed by atoms with Crippen LogP contribution in [0.3, 0.4) is 0 Å². The van der Waals surface area contributed by atoms with Gasteiger partial charge in [0.25, 0.3) is 0 Å². The van der Waals surface area contributed by atoms with E-state index >= 15 is 0 Å². The van der Waals surface area contributed by atoms with Crippen molar-refractivity contribution in [1.82, 2.24) is 0 Å². The highest BCUT2D eigenvalue weighted by atomic mass is 28.1. The van der Waals surface area contributed by atoms with Gasteiger partial charge in [-0.05, 0) is 23.8 Å². The quantitative estimate of drug-likeness (QED) is 0.359. The summed E-state index contributed by atoms with van der Waals surface area (Å²) in [5.74, 6) is -0.148. The molecule has 88 valence electrons. The third-order valence-electron chi connectivity index (χ3n) is 2.03. The maximum atomic E-state index is 11.5. The summed E-state index contributed by atoms with van der Waals surface area (Å²) >= 11 is 0. The number of unbranched alkanes of at least 4 members (excludes halogenated alkanes) is 1. The second kappa shape index (κ2) is 11.2. The Morgan fingerprint density at radius 3 is 2.53 bits per heavy atom. The molecular formula is C12H24O2Si. The molecule has 0 aliphatic heterocycles. The third-order valence-corrected chi connectivity index (χ3v) is 2.03. The van der Waals surface area contributed by atoms with Crippen LogP contribution < -0.4 is 0 Å². The fourth-order valence-corrected chi connectivity index (χ4v) is 1.24. The standard InChI is InChI=1S/C12H20O2.H4Si/c1-4-7-9-11(8-5-2)12(13)14-10-6-3;/h5-6,11H,2-4,7-10H2,1H3;1H4. The van der Waals surface area contributed by atoms with Gasteiger partial charge in [-0.25, -0.2) is 0 Å². The minimum Gasteiger partial charge on any atom is -0.461 e. The predicted molar refractivity (Wildman–Crippen MR) is 70.3 cm³/mol. The molecule has 0 aromatic heterocycles. The van der Waals surface area contributed by atoms with Crippen LogP contribution in [0.1, 0.15) is 32.6 Å². The van der Waals surface area contributed by atoms with Crippen LogP contribution in [0, 0.1) is 5.92 Å².